The average Bonchev–Trinajstić information content (AvgIpc) is 3.40. The summed E-state index contributed by atoms with van der Waals surface area (Å²) in [5.41, 5.74) is 10.3. The first-order valence-corrected chi connectivity index (χ1v) is 13.3. The van der Waals surface area contributed by atoms with Crippen molar-refractivity contribution in [2.45, 2.75) is 12.7 Å². The summed E-state index contributed by atoms with van der Waals surface area (Å²) in [4.78, 5) is 18.0. The maximum atomic E-state index is 13.1. The number of nitrogens with zero attached hydrogens (tertiary/aromatic N) is 1. The summed E-state index contributed by atoms with van der Waals surface area (Å²) in [6.07, 6.45) is 3.59. The van der Waals surface area contributed by atoms with E-state index in [1.54, 1.807) is 54.1 Å². The number of pyridine rings is 1. The molecule has 0 aliphatic carbocycles. The lowest BCUT2D eigenvalue weighted by atomic mass is 10.1. The third-order valence-corrected chi connectivity index (χ3v) is 8.19. The third-order valence-electron chi connectivity index (χ3n) is 5.26. The predicted molar refractivity (Wildman–Crippen MR) is 138 cm³/mol. The molecule has 1 amide bonds. The van der Waals surface area contributed by atoms with Crippen molar-refractivity contribution in [1.82, 2.24) is 10.1 Å². The van der Waals surface area contributed by atoms with Crippen molar-refractivity contribution in [2.24, 2.45) is 0 Å². The van der Waals surface area contributed by atoms with Crippen LogP contribution in [-0.4, -0.2) is 18.0 Å². The Bertz CT molecular complexity index is 1300. The van der Waals surface area contributed by atoms with E-state index in [9.17, 15) is 9.36 Å². The van der Waals surface area contributed by atoms with Crippen LogP contribution in [-0.2, 0) is 21.8 Å². The fourth-order valence-electron chi connectivity index (χ4n) is 3.36. The van der Waals surface area contributed by atoms with Crippen molar-refractivity contribution in [1.29, 1.82) is 0 Å². The first kappa shape index (κ1) is 23.9. The molecule has 0 aliphatic rings. The average molecular weight is 493 g/mol. The zero-order valence-corrected chi connectivity index (χ0v) is 20.3. The number of nitrogens with one attached hydrogen (secondary N) is 2. The van der Waals surface area contributed by atoms with Gasteiger partial charge in [0.05, 0.1) is 17.5 Å². The lowest BCUT2D eigenvalue weighted by Gasteiger charge is -2.18. The number of amides is 1. The molecule has 2 heterocycles. The SMILES string of the molecule is COP(=O)(Cc1ccc(C(=O)Nc2cc(-c3cccs3)ccc2N)cc1)NCc1cccnc1. The van der Waals surface area contributed by atoms with Crippen LogP contribution in [0.5, 0.6) is 0 Å². The van der Waals surface area contributed by atoms with E-state index in [0.717, 1.165) is 21.6 Å². The Morgan fingerprint density at radius 2 is 1.91 bits per heavy atom. The topological polar surface area (TPSA) is 106 Å². The molecule has 0 saturated heterocycles. The monoisotopic (exact) mass is 492 g/mol. The first-order valence-electron chi connectivity index (χ1n) is 10.6. The quantitative estimate of drug-likeness (QED) is 0.202. The second kappa shape index (κ2) is 10.8. The van der Waals surface area contributed by atoms with Crippen LogP contribution in [0.3, 0.4) is 0 Å². The fourth-order valence-corrected chi connectivity index (χ4v) is 5.57. The van der Waals surface area contributed by atoms with Crippen molar-refractivity contribution < 1.29 is 13.9 Å². The molecule has 0 saturated carbocycles. The van der Waals surface area contributed by atoms with Gasteiger partial charge in [-0.1, -0.05) is 30.3 Å². The molecule has 9 heteroatoms. The third kappa shape index (κ3) is 5.98. The molecule has 2 aromatic carbocycles. The molecule has 7 nitrogen and oxygen atoms in total. The molecule has 4 N–H and O–H groups in total. The molecule has 0 fully saturated rings. The highest BCUT2D eigenvalue weighted by Gasteiger charge is 2.22. The van der Waals surface area contributed by atoms with Crippen LogP contribution < -0.4 is 16.1 Å². The molecule has 0 bridgehead atoms. The van der Waals surface area contributed by atoms with Crippen LogP contribution in [0.2, 0.25) is 0 Å². The molecule has 1 unspecified atom stereocenters. The van der Waals surface area contributed by atoms with Gasteiger partial charge in [-0.15, -0.1) is 11.3 Å². The van der Waals surface area contributed by atoms with Crippen LogP contribution in [0.4, 0.5) is 11.4 Å². The number of benzene rings is 2. The normalized spacial score (nSPS) is 12.7. The van der Waals surface area contributed by atoms with Crippen LogP contribution in [0.25, 0.3) is 10.4 Å². The lowest BCUT2D eigenvalue weighted by molar-refractivity contribution is 0.102. The van der Waals surface area contributed by atoms with E-state index in [1.165, 1.54) is 7.11 Å². The number of aromatic nitrogens is 1. The van der Waals surface area contributed by atoms with E-state index < -0.39 is 7.52 Å². The molecule has 1 atom stereocenters. The molecule has 34 heavy (non-hydrogen) atoms. The van der Waals surface area contributed by atoms with Gasteiger partial charge in [0.2, 0.25) is 0 Å². The smallest absolute Gasteiger partial charge is 0.274 e. The van der Waals surface area contributed by atoms with E-state index in [4.69, 9.17) is 10.3 Å². The van der Waals surface area contributed by atoms with E-state index in [1.807, 2.05) is 41.8 Å². The van der Waals surface area contributed by atoms with Crippen molar-refractivity contribution >= 4 is 36.1 Å². The Morgan fingerprint density at radius 3 is 2.59 bits per heavy atom. The van der Waals surface area contributed by atoms with Crippen molar-refractivity contribution in [2.75, 3.05) is 18.2 Å². The maximum absolute atomic E-state index is 13.1. The van der Waals surface area contributed by atoms with Gasteiger partial charge in [-0.25, -0.2) is 5.09 Å². The van der Waals surface area contributed by atoms with Gasteiger partial charge in [0.25, 0.3) is 13.4 Å². The Kier molecular flexibility index (Phi) is 7.55. The zero-order valence-electron chi connectivity index (χ0n) is 18.6. The summed E-state index contributed by atoms with van der Waals surface area (Å²) >= 11 is 1.62. The van der Waals surface area contributed by atoms with Crippen molar-refractivity contribution in [3.05, 3.63) is 101 Å². The van der Waals surface area contributed by atoms with Gasteiger partial charge in [-0.2, -0.15) is 0 Å². The second-order valence-electron chi connectivity index (χ2n) is 7.64. The van der Waals surface area contributed by atoms with Gasteiger partial charge in [0.1, 0.15) is 0 Å². The van der Waals surface area contributed by atoms with E-state index in [2.05, 4.69) is 15.4 Å². The fraction of sp³-hybridized carbons (Fsp3) is 0.120. The number of carbonyl (C=O) groups excluding carboxylic acids is 1. The molecular weight excluding hydrogens is 467 g/mol. The molecule has 4 aromatic rings. The molecule has 0 aliphatic heterocycles. The Balaban J connectivity index is 1.41. The van der Waals surface area contributed by atoms with Gasteiger partial charge in [0.15, 0.2) is 0 Å². The highest BCUT2D eigenvalue weighted by molar-refractivity contribution is 7.56. The van der Waals surface area contributed by atoms with Crippen molar-refractivity contribution in [3.63, 3.8) is 0 Å². The van der Waals surface area contributed by atoms with E-state index in [0.29, 0.717) is 23.5 Å². The minimum absolute atomic E-state index is 0.196. The van der Waals surface area contributed by atoms with Gasteiger partial charge in [-0.05, 0) is 58.5 Å². The second-order valence-corrected chi connectivity index (χ2v) is 10.9. The summed E-state index contributed by atoms with van der Waals surface area (Å²) < 4.78 is 18.4. The maximum Gasteiger partial charge on any atom is 0.274 e. The zero-order chi connectivity index (χ0) is 24.0. The molecular formula is C25H25N4O3PS. The van der Waals surface area contributed by atoms with Crippen LogP contribution in [0, 0.1) is 0 Å². The summed E-state index contributed by atoms with van der Waals surface area (Å²) in [6.45, 7) is 0.380. The Labute approximate surface area is 202 Å². The number of nitrogen functional groups attached to an aromatic ring is 1. The summed E-state index contributed by atoms with van der Waals surface area (Å²) in [5.74, 6) is -0.272. The predicted octanol–water partition coefficient (Wildman–Crippen LogP) is 5.77. The summed E-state index contributed by atoms with van der Waals surface area (Å²) in [5, 5.41) is 7.90. The van der Waals surface area contributed by atoms with Crippen LogP contribution in [0.15, 0.2) is 84.5 Å². The molecule has 4 rings (SSSR count). The highest BCUT2D eigenvalue weighted by Crippen LogP contribution is 2.45. The minimum atomic E-state index is -3.11. The first-order chi connectivity index (χ1) is 16.5. The number of hydrogen-bond donors (Lipinski definition) is 3. The molecule has 0 radical (unpaired) electrons. The Hall–Kier alpha value is -3.29. The molecule has 174 valence electrons. The standard InChI is InChI=1S/C25H25N4O3PS/c1-32-33(31,28-16-19-4-2-12-27-15-19)17-18-6-8-20(9-7-18)25(30)29-23-14-21(10-11-22(23)26)24-5-3-13-34-24/h2-15H,16-17,26H2,1H3,(H,28,31)(H,29,30). The number of nitrogens with two attached hydrogens (primary N) is 1. The highest BCUT2D eigenvalue weighted by atomic mass is 32.1. The number of anilines is 2. The van der Waals surface area contributed by atoms with Crippen LogP contribution >= 0.6 is 18.9 Å². The van der Waals surface area contributed by atoms with Gasteiger partial charge in [-0.3, -0.25) is 14.3 Å². The van der Waals surface area contributed by atoms with Crippen molar-refractivity contribution in [3.8, 4) is 10.4 Å². The molecule has 2 aromatic heterocycles. The Morgan fingerprint density at radius 1 is 1.09 bits per heavy atom. The number of thiophene rings is 1. The van der Waals surface area contributed by atoms with Gasteiger partial charge in [0, 0.05) is 36.5 Å². The molecule has 0 spiro atoms. The van der Waals surface area contributed by atoms with Crippen LogP contribution in [0.1, 0.15) is 21.5 Å². The summed E-state index contributed by atoms with van der Waals surface area (Å²) in [7, 11) is -1.69. The number of carbonyl (C=O) groups is 1. The lowest BCUT2D eigenvalue weighted by Crippen LogP contribution is -2.14. The largest absolute Gasteiger partial charge is 0.397 e. The van der Waals surface area contributed by atoms with Gasteiger partial charge >= 0.3 is 0 Å². The van der Waals surface area contributed by atoms with E-state index >= 15 is 0 Å². The minimum Gasteiger partial charge on any atom is -0.397 e. The summed E-state index contributed by atoms with van der Waals surface area (Å²) in [6, 6.07) is 20.3. The van der Waals surface area contributed by atoms with E-state index in [-0.39, 0.29) is 12.1 Å². The van der Waals surface area contributed by atoms with Gasteiger partial charge < -0.3 is 15.6 Å². The number of rotatable bonds is 9. The number of hydrogen-bond acceptors (Lipinski definition) is 6.